The van der Waals surface area contributed by atoms with E-state index in [0.29, 0.717) is 19.6 Å². The van der Waals surface area contributed by atoms with Crippen molar-refractivity contribution in [1.29, 1.82) is 0 Å². The Morgan fingerprint density at radius 2 is 2.10 bits per heavy atom. The van der Waals surface area contributed by atoms with Crippen LogP contribution in [0.2, 0.25) is 0 Å². The number of carbonyl (C=O) groups excluding carboxylic acids is 1. The molecular formula is C15H22FN3O2. The Morgan fingerprint density at radius 1 is 1.38 bits per heavy atom. The van der Waals surface area contributed by atoms with Crippen LogP contribution in [0.3, 0.4) is 0 Å². The van der Waals surface area contributed by atoms with Gasteiger partial charge in [-0.2, -0.15) is 0 Å². The van der Waals surface area contributed by atoms with Crippen molar-refractivity contribution in [2.45, 2.75) is 39.3 Å². The van der Waals surface area contributed by atoms with Crippen LogP contribution >= 0.6 is 0 Å². The molecule has 2 heterocycles. The molecule has 1 aliphatic rings. The fraction of sp³-hybridized carbons (Fsp3) is 0.600. The van der Waals surface area contributed by atoms with Crippen LogP contribution in [0, 0.1) is 5.82 Å². The summed E-state index contributed by atoms with van der Waals surface area (Å²) >= 11 is 0. The van der Waals surface area contributed by atoms with Gasteiger partial charge in [-0.05, 0) is 39.8 Å². The van der Waals surface area contributed by atoms with E-state index in [1.165, 1.54) is 12.3 Å². The van der Waals surface area contributed by atoms with E-state index in [9.17, 15) is 9.18 Å². The molecule has 5 nitrogen and oxygen atoms in total. The summed E-state index contributed by atoms with van der Waals surface area (Å²) in [5.74, 6) is 0.381. The fourth-order valence-electron chi connectivity index (χ4n) is 2.31. The van der Waals surface area contributed by atoms with Crippen LogP contribution in [0.5, 0.6) is 0 Å². The monoisotopic (exact) mass is 295 g/mol. The third-order valence-electron chi connectivity index (χ3n) is 3.29. The summed E-state index contributed by atoms with van der Waals surface area (Å²) in [5.41, 5.74) is -0.494. The smallest absolute Gasteiger partial charge is 0.410 e. The second-order valence-corrected chi connectivity index (χ2v) is 6.30. The van der Waals surface area contributed by atoms with Gasteiger partial charge in [-0.25, -0.2) is 14.2 Å². The van der Waals surface area contributed by atoms with Crippen molar-refractivity contribution in [3.8, 4) is 0 Å². The summed E-state index contributed by atoms with van der Waals surface area (Å²) in [7, 11) is 0. The Hall–Kier alpha value is -1.85. The van der Waals surface area contributed by atoms with Crippen molar-refractivity contribution in [3.05, 3.63) is 24.1 Å². The largest absolute Gasteiger partial charge is 0.444 e. The van der Waals surface area contributed by atoms with Crippen molar-refractivity contribution in [2.75, 3.05) is 24.5 Å². The van der Waals surface area contributed by atoms with Gasteiger partial charge in [0.1, 0.15) is 17.2 Å². The lowest BCUT2D eigenvalue weighted by Gasteiger charge is -2.40. The second-order valence-electron chi connectivity index (χ2n) is 6.30. The summed E-state index contributed by atoms with van der Waals surface area (Å²) in [6, 6.07) is 3.07. The van der Waals surface area contributed by atoms with Crippen LogP contribution in [0.1, 0.15) is 27.7 Å². The van der Waals surface area contributed by atoms with Crippen LogP contribution in [0.15, 0.2) is 18.3 Å². The number of carbonyl (C=O) groups is 1. The topological polar surface area (TPSA) is 45.7 Å². The van der Waals surface area contributed by atoms with Gasteiger partial charge >= 0.3 is 6.09 Å². The molecule has 2 rings (SSSR count). The maximum absolute atomic E-state index is 12.9. The van der Waals surface area contributed by atoms with Crippen molar-refractivity contribution in [2.24, 2.45) is 0 Å². The normalized spacial score (nSPS) is 19.6. The number of halogens is 1. The minimum absolute atomic E-state index is 0.0143. The van der Waals surface area contributed by atoms with Crippen molar-refractivity contribution in [1.82, 2.24) is 9.88 Å². The standard InChI is InChI=1S/C15H22FN3O2/c1-11-10-18(13-6-5-12(16)9-17-13)7-8-19(11)14(20)21-15(2,3)4/h5-6,9,11H,7-8,10H2,1-4H3/t11-/m1/s1. The number of ether oxygens (including phenoxy) is 1. The molecule has 0 saturated carbocycles. The number of hydrogen-bond donors (Lipinski definition) is 0. The lowest BCUT2D eigenvalue weighted by atomic mass is 10.2. The first kappa shape index (κ1) is 15.5. The molecule has 0 spiro atoms. The molecule has 6 heteroatoms. The minimum Gasteiger partial charge on any atom is -0.444 e. The lowest BCUT2D eigenvalue weighted by Crippen LogP contribution is -2.55. The zero-order valence-corrected chi connectivity index (χ0v) is 13.0. The van der Waals surface area contributed by atoms with Gasteiger partial charge in [0.25, 0.3) is 0 Å². The average molecular weight is 295 g/mol. The summed E-state index contributed by atoms with van der Waals surface area (Å²) in [6.07, 6.45) is 0.918. The molecule has 1 aliphatic heterocycles. The van der Waals surface area contributed by atoms with Gasteiger partial charge in [-0.15, -0.1) is 0 Å². The highest BCUT2D eigenvalue weighted by atomic mass is 19.1. The highest BCUT2D eigenvalue weighted by Gasteiger charge is 2.31. The molecule has 0 unspecified atom stereocenters. The van der Waals surface area contributed by atoms with E-state index in [0.717, 1.165) is 5.82 Å². The summed E-state index contributed by atoms with van der Waals surface area (Å²) < 4.78 is 18.3. The van der Waals surface area contributed by atoms with Crippen molar-refractivity contribution >= 4 is 11.9 Å². The Labute approximate surface area is 124 Å². The molecule has 1 atom stereocenters. The van der Waals surface area contributed by atoms with Crippen molar-refractivity contribution in [3.63, 3.8) is 0 Å². The molecule has 1 aromatic rings. The quantitative estimate of drug-likeness (QED) is 0.799. The molecule has 0 aromatic carbocycles. The molecule has 116 valence electrons. The number of piperazine rings is 1. The number of hydrogen-bond acceptors (Lipinski definition) is 4. The van der Waals surface area contributed by atoms with Crippen LogP contribution in [0.25, 0.3) is 0 Å². The molecule has 21 heavy (non-hydrogen) atoms. The van der Waals surface area contributed by atoms with Crippen LogP contribution < -0.4 is 4.90 Å². The third-order valence-corrected chi connectivity index (χ3v) is 3.29. The zero-order chi connectivity index (χ0) is 15.6. The van der Waals surface area contributed by atoms with Gasteiger partial charge in [-0.3, -0.25) is 0 Å². The van der Waals surface area contributed by atoms with Gasteiger partial charge in [0.2, 0.25) is 0 Å². The number of amides is 1. The lowest BCUT2D eigenvalue weighted by molar-refractivity contribution is 0.0158. The van der Waals surface area contributed by atoms with Gasteiger partial charge in [-0.1, -0.05) is 0 Å². The zero-order valence-electron chi connectivity index (χ0n) is 13.0. The SMILES string of the molecule is C[C@@H]1CN(c2ccc(F)cn2)CCN1C(=O)OC(C)(C)C. The maximum atomic E-state index is 12.9. The predicted octanol–water partition coefficient (Wildman–Crippen LogP) is 2.67. The molecule has 1 fully saturated rings. The molecule has 1 amide bonds. The molecule has 0 bridgehead atoms. The summed E-state index contributed by atoms with van der Waals surface area (Å²) in [4.78, 5) is 20.0. The Bertz CT molecular complexity index is 499. The van der Waals surface area contributed by atoms with E-state index in [-0.39, 0.29) is 18.0 Å². The third kappa shape index (κ3) is 4.06. The minimum atomic E-state index is -0.494. The number of rotatable bonds is 1. The van der Waals surface area contributed by atoms with Crippen LogP contribution in [-0.4, -0.2) is 47.3 Å². The summed E-state index contributed by atoms with van der Waals surface area (Å²) in [5, 5.41) is 0. The van der Waals surface area contributed by atoms with E-state index in [1.807, 2.05) is 32.6 Å². The number of pyridine rings is 1. The Kier molecular flexibility index (Phi) is 4.34. The van der Waals surface area contributed by atoms with E-state index >= 15 is 0 Å². The van der Waals surface area contributed by atoms with E-state index in [2.05, 4.69) is 4.98 Å². The highest BCUT2D eigenvalue weighted by Crippen LogP contribution is 2.19. The van der Waals surface area contributed by atoms with Crippen molar-refractivity contribution < 1.29 is 13.9 Å². The van der Waals surface area contributed by atoms with Crippen LogP contribution in [-0.2, 0) is 4.74 Å². The number of aromatic nitrogens is 1. The highest BCUT2D eigenvalue weighted by molar-refractivity contribution is 5.69. The summed E-state index contributed by atoms with van der Waals surface area (Å²) in [6.45, 7) is 9.41. The number of anilines is 1. The van der Waals surface area contributed by atoms with Gasteiger partial charge in [0.05, 0.1) is 6.20 Å². The van der Waals surface area contributed by atoms with E-state index < -0.39 is 5.60 Å². The Morgan fingerprint density at radius 3 is 2.62 bits per heavy atom. The average Bonchev–Trinajstić information content (AvgIpc) is 2.37. The molecule has 0 radical (unpaired) electrons. The second kappa shape index (κ2) is 5.87. The van der Waals surface area contributed by atoms with Gasteiger partial charge in [0.15, 0.2) is 0 Å². The van der Waals surface area contributed by atoms with Gasteiger partial charge < -0.3 is 14.5 Å². The Balaban J connectivity index is 1.99. The predicted molar refractivity (Wildman–Crippen MR) is 78.8 cm³/mol. The molecule has 1 saturated heterocycles. The molecule has 0 N–H and O–H groups in total. The first-order chi connectivity index (χ1) is 9.76. The van der Waals surface area contributed by atoms with E-state index in [4.69, 9.17) is 4.74 Å². The maximum Gasteiger partial charge on any atom is 0.410 e. The van der Waals surface area contributed by atoms with Gasteiger partial charge in [0, 0.05) is 25.7 Å². The number of nitrogens with zero attached hydrogens (tertiary/aromatic N) is 3. The first-order valence-electron chi connectivity index (χ1n) is 7.12. The molecule has 0 aliphatic carbocycles. The molecular weight excluding hydrogens is 273 g/mol. The van der Waals surface area contributed by atoms with E-state index in [1.54, 1.807) is 11.0 Å². The molecule has 1 aromatic heterocycles. The first-order valence-corrected chi connectivity index (χ1v) is 7.12. The van der Waals surface area contributed by atoms with Crippen LogP contribution in [0.4, 0.5) is 15.0 Å². The fourth-order valence-corrected chi connectivity index (χ4v) is 2.31.